The fraction of sp³-hybridized carbons (Fsp3) is 0.480. The minimum absolute atomic E-state index is 0.0336. The van der Waals surface area contributed by atoms with Crippen LogP contribution < -0.4 is 14.8 Å². The van der Waals surface area contributed by atoms with Gasteiger partial charge in [0.15, 0.2) is 0 Å². The van der Waals surface area contributed by atoms with Crippen molar-refractivity contribution in [2.45, 2.75) is 46.4 Å². The zero-order valence-corrected chi connectivity index (χ0v) is 20.6. The number of carbonyl (C=O) groups excluding carboxylic acids is 1. The average molecular weight is 517 g/mol. The molecule has 7 nitrogen and oxygen atoms in total. The number of rotatable bonds is 8. The number of aliphatic hydroxyl groups excluding tert-OH is 1. The molecule has 2 N–H and O–H groups in total. The summed E-state index contributed by atoms with van der Waals surface area (Å²) < 4.78 is 68.9. The van der Waals surface area contributed by atoms with Crippen LogP contribution in [0.15, 0.2) is 24.3 Å². The van der Waals surface area contributed by atoms with Crippen LogP contribution in [0.25, 0.3) is 0 Å². The number of carbonyl (C=O) groups is 1. The summed E-state index contributed by atoms with van der Waals surface area (Å²) in [5.41, 5.74) is -0.603. The Hall–Kier alpha value is -3.05. The van der Waals surface area contributed by atoms with Crippen LogP contribution in [0.4, 0.5) is 22.4 Å². The Morgan fingerprint density at radius 3 is 1.89 bits per heavy atom. The van der Waals surface area contributed by atoms with Crippen molar-refractivity contribution >= 4 is 6.09 Å². The molecule has 1 aliphatic rings. The van der Waals surface area contributed by atoms with Crippen LogP contribution in [0.2, 0.25) is 0 Å². The number of ether oxygens (including phenoxy) is 3. The minimum atomic E-state index is -0.786. The highest BCUT2D eigenvalue weighted by atomic mass is 19.1. The molecule has 1 heterocycles. The third-order valence-corrected chi connectivity index (χ3v) is 5.41. The number of hydrogen-bond acceptors (Lipinski definition) is 6. The standard InChI is InChI=1S/C16H22F2N2O3.C9H10F2O2/c1-3-11-9-19-5-6-20(11)16(21)23-10-13-14(17)7-12(22-4-2)8-15(13)18;1-2-13-6-3-8(10)7(5-12)9(11)4-6/h7-8,11,19H,3-6,9-10H2,1-2H3;3-4,12H,2,5H2,1H3/t11-;/m1./s1. The van der Waals surface area contributed by atoms with Gasteiger partial charge in [0.05, 0.1) is 25.4 Å². The van der Waals surface area contributed by atoms with Crippen LogP contribution in [0.5, 0.6) is 11.5 Å². The van der Waals surface area contributed by atoms with Crippen molar-refractivity contribution in [3.05, 3.63) is 58.7 Å². The largest absolute Gasteiger partial charge is 0.494 e. The van der Waals surface area contributed by atoms with Crippen LogP contribution in [0.3, 0.4) is 0 Å². The lowest BCUT2D eigenvalue weighted by Crippen LogP contribution is -2.53. The molecular formula is C25H32F4N2O5. The predicted molar refractivity (Wildman–Crippen MR) is 125 cm³/mol. The maximum atomic E-state index is 13.9. The van der Waals surface area contributed by atoms with Crippen LogP contribution in [0, 0.1) is 23.3 Å². The molecule has 1 amide bonds. The van der Waals surface area contributed by atoms with Crippen molar-refractivity contribution in [1.82, 2.24) is 10.2 Å². The van der Waals surface area contributed by atoms with Gasteiger partial charge >= 0.3 is 6.09 Å². The van der Waals surface area contributed by atoms with Gasteiger partial charge in [0.1, 0.15) is 41.4 Å². The van der Waals surface area contributed by atoms with Crippen LogP contribution in [0.1, 0.15) is 38.3 Å². The molecule has 3 rings (SSSR count). The highest BCUT2D eigenvalue weighted by molar-refractivity contribution is 5.68. The molecule has 0 aromatic heterocycles. The lowest BCUT2D eigenvalue weighted by Gasteiger charge is -2.34. The van der Waals surface area contributed by atoms with Gasteiger partial charge in [0.2, 0.25) is 0 Å². The molecule has 1 saturated heterocycles. The van der Waals surface area contributed by atoms with E-state index in [4.69, 9.17) is 19.3 Å². The van der Waals surface area contributed by atoms with Crippen molar-refractivity contribution in [3.8, 4) is 11.5 Å². The summed E-state index contributed by atoms with van der Waals surface area (Å²) in [6.45, 7) is 6.88. The maximum absolute atomic E-state index is 13.9. The number of halogens is 4. The number of benzene rings is 2. The summed E-state index contributed by atoms with van der Waals surface area (Å²) in [5, 5.41) is 11.8. The fourth-order valence-electron chi connectivity index (χ4n) is 3.53. The molecule has 0 saturated carbocycles. The predicted octanol–water partition coefficient (Wildman–Crippen LogP) is 4.54. The van der Waals surface area contributed by atoms with Crippen molar-refractivity contribution in [2.75, 3.05) is 32.8 Å². The number of hydrogen-bond donors (Lipinski definition) is 2. The van der Waals surface area contributed by atoms with Crippen molar-refractivity contribution in [3.63, 3.8) is 0 Å². The number of amides is 1. The summed E-state index contributed by atoms with van der Waals surface area (Å²) in [6, 6.07) is 4.33. The number of aliphatic hydroxyl groups is 1. The van der Waals surface area contributed by atoms with E-state index in [1.54, 1.807) is 18.7 Å². The van der Waals surface area contributed by atoms with Gasteiger partial charge in [0.25, 0.3) is 0 Å². The van der Waals surface area contributed by atoms with E-state index in [-0.39, 0.29) is 28.7 Å². The molecule has 200 valence electrons. The van der Waals surface area contributed by atoms with Crippen molar-refractivity contribution in [2.24, 2.45) is 0 Å². The van der Waals surface area contributed by atoms with E-state index in [1.807, 2.05) is 6.92 Å². The van der Waals surface area contributed by atoms with Gasteiger partial charge in [-0.05, 0) is 20.3 Å². The summed E-state index contributed by atoms with van der Waals surface area (Å²) in [6.07, 6.45) is 0.236. The first kappa shape index (κ1) is 29.2. The van der Waals surface area contributed by atoms with Gasteiger partial charge in [-0.15, -0.1) is 0 Å². The van der Waals surface area contributed by atoms with E-state index < -0.39 is 42.6 Å². The third kappa shape index (κ3) is 7.99. The number of nitrogens with one attached hydrogen (secondary N) is 1. The zero-order valence-electron chi connectivity index (χ0n) is 20.6. The molecular weight excluding hydrogens is 484 g/mol. The summed E-state index contributed by atoms with van der Waals surface area (Å²) in [4.78, 5) is 13.7. The molecule has 1 aliphatic heterocycles. The normalized spacial score (nSPS) is 15.1. The summed E-state index contributed by atoms with van der Waals surface area (Å²) in [7, 11) is 0. The smallest absolute Gasteiger partial charge is 0.410 e. The van der Waals surface area contributed by atoms with Crippen molar-refractivity contribution in [1.29, 1.82) is 0 Å². The highest BCUT2D eigenvalue weighted by Gasteiger charge is 2.27. The van der Waals surface area contributed by atoms with Crippen LogP contribution in [-0.2, 0) is 18.0 Å². The molecule has 36 heavy (non-hydrogen) atoms. The Morgan fingerprint density at radius 1 is 0.944 bits per heavy atom. The molecule has 0 spiro atoms. The first-order chi connectivity index (χ1) is 17.2. The first-order valence-electron chi connectivity index (χ1n) is 11.7. The minimum Gasteiger partial charge on any atom is -0.494 e. The second-order valence-electron chi connectivity index (χ2n) is 7.77. The van der Waals surface area contributed by atoms with E-state index in [1.165, 1.54) is 0 Å². The molecule has 1 fully saturated rings. The molecule has 2 aromatic carbocycles. The SMILES string of the molecule is CCOc1cc(F)c(CO)c(F)c1.CCOc1cc(F)c(COC(=O)N2CCNC[C@H]2CC)c(F)c1. The summed E-state index contributed by atoms with van der Waals surface area (Å²) in [5.74, 6) is -2.89. The maximum Gasteiger partial charge on any atom is 0.410 e. The highest BCUT2D eigenvalue weighted by Crippen LogP contribution is 2.22. The van der Waals surface area contributed by atoms with E-state index in [9.17, 15) is 22.4 Å². The second kappa shape index (κ2) is 14.5. The van der Waals surface area contributed by atoms with E-state index in [0.29, 0.717) is 32.8 Å². The zero-order chi connectivity index (χ0) is 26.7. The molecule has 0 aliphatic carbocycles. The number of nitrogens with zero attached hydrogens (tertiary/aromatic N) is 1. The molecule has 0 bridgehead atoms. The van der Waals surface area contributed by atoms with E-state index in [0.717, 1.165) is 30.7 Å². The summed E-state index contributed by atoms with van der Waals surface area (Å²) >= 11 is 0. The Kier molecular flexibility index (Phi) is 11.7. The van der Waals surface area contributed by atoms with Gasteiger partial charge in [-0.1, -0.05) is 6.92 Å². The Morgan fingerprint density at radius 2 is 1.44 bits per heavy atom. The van der Waals surface area contributed by atoms with Gasteiger partial charge in [-0.25, -0.2) is 22.4 Å². The van der Waals surface area contributed by atoms with Gasteiger partial charge in [-0.2, -0.15) is 0 Å². The molecule has 0 unspecified atom stereocenters. The number of piperazine rings is 1. The average Bonchev–Trinajstić information content (AvgIpc) is 2.84. The van der Waals surface area contributed by atoms with Crippen LogP contribution >= 0.6 is 0 Å². The first-order valence-corrected chi connectivity index (χ1v) is 11.7. The van der Waals surface area contributed by atoms with Crippen molar-refractivity contribution < 1.29 is 41.7 Å². The molecule has 11 heteroatoms. The molecule has 0 radical (unpaired) electrons. The third-order valence-electron chi connectivity index (χ3n) is 5.41. The fourth-order valence-corrected chi connectivity index (χ4v) is 3.53. The van der Waals surface area contributed by atoms with E-state index in [2.05, 4.69) is 5.32 Å². The Bertz CT molecular complexity index is 962. The quantitative estimate of drug-likeness (QED) is 0.502. The molecule has 2 aromatic rings. The molecule has 1 atom stereocenters. The van der Waals surface area contributed by atoms with Gasteiger partial charge in [0, 0.05) is 55.5 Å². The lowest BCUT2D eigenvalue weighted by molar-refractivity contribution is 0.0699. The topological polar surface area (TPSA) is 80.3 Å². The van der Waals surface area contributed by atoms with Gasteiger partial charge < -0.3 is 29.5 Å². The van der Waals surface area contributed by atoms with Gasteiger partial charge in [-0.3, -0.25) is 0 Å². The van der Waals surface area contributed by atoms with Crippen LogP contribution in [-0.4, -0.2) is 55.0 Å². The monoisotopic (exact) mass is 516 g/mol. The second-order valence-corrected chi connectivity index (χ2v) is 7.77. The Balaban J connectivity index is 0.000000297. The van der Waals surface area contributed by atoms with E-state index >= 15 is 0 Å². The Labute approximate surface area is 208 Å². The lowest BCUT2D eigenvalue weighted by atomic mass is 10.1.